The molecule has 0 aliphatic carbocycles. The highest BCUT2D eigenvalue weighted by molar-refractivity contribution is 8.00. The minimum atomic E-state index is -0.221. The fourth-order valence-corrected chi connectivity index (χ4v) is 3.00. The van der Waals surface area contributed by atoms with E-state index in [1.165, 1.54) is 0 Å². The summed E-state index contributed by atoms with van der Waals surface area (Å²) < 4.78 is 16.1. The first-order valence-corrected chi connectivity index (χ1v) is 8.27. The number of hydrogen-bond donors (Lipinski definition) is 1. The van der Waals surface area contributed by atoms with Crippen molar-refractivity contribution < 1.29 is 19.3 Å². The highest BCUT2D eigenvalue weighted by Crippen LogP contribution is 2.09. The molecule has 1 N–H and O–H groups in total. The third-order valence-electron chi connectivity index (χ3n) is 2.11. The van der Waals surface area contributed by atoms with Gasteiger partial charge in [0.15, 0.2) is 0 Å². The van der Waals surface area contributed by atoms with Crippen molar-refractivity contribution in [3.8, 4) is 0 Å². The molecule has 1 rings (SSSR count). The van der Waals surface area contributed by atoms with Gasteiger partial charge in [-0.15, -0.1) is 0 Å². The lowest BCUT2D eigenvalue weighted by Gasteiger charge is -2.11. The maximum atomic E-state index is 9.68. The van der Waals surface area contributed by atoms with Gasteiger partial charge >= 0.3 is 0 Å². The van der Waals surface area contributed by atoms with Gasteiger partial charge in [0.25, 0.3) is 0 Å². The smallest absolute Gasteiger partial charge is 0.0720 e. The van der Waals surface area contributed by atoms with Crippen LogP contribution in [0.4, 0.5) is 0 Å². The number of thioether (sulfide) groups is 2. The lowest BCUT2D eigenvalue weighted by Crippen LogP contribution is -2.16. The van der Waals surface area contributed by atoms with Crippen LogP contribution in [0.25, 0.3) is 0 Å². The fraction of sp³-hybridized carbons (Fsp3) is 1.00. The molecule has 4 nitrogen and oxygen atoms in total. The van der Waals surface area contributed by atoms with Gasteiger partial charge in [-0.3, -0.25) is 0 Å². The molecule has 0 spiro atoms. The highest BCUT2D eigenvalue weighted by atomic mass is 32.2. The number of ether oxygens (including phenoxy) is 3. The van der Waals surface area contributed by atoms with E-state index in [0.717, 1.165) is 36.2 Å². The van der Waals surface area contributed by atoms with Crippen LogP contribution in [0, 0.1) is 0 Å². The predicted octanol–water partition coefficient (Wildman–Crippen LogP) is 0.877. The van der Waals surface area contributed by atoms with E-state index >= 15 is 0 Å². The number of rotatable bonds is 0. The first-order chi connectivity index (χ1) is 8.39. The largest absolute Gasteiger partial charge is 0.391 e. The molecule has 0 aromatic heterocycles. The molecule has 6 heteroatoms. The molecule has 102 valence electrons. The van der Waals surface area contributed by atoms with E-state index in [2.05, 4.69) is 0 Å². The van der Waals surface area contributed by atoms with Gasteiger partial charge < -0.3 is 19.3 Å². The molecule has 1 heterocycles. The summed E-state index contributed by atoms with van der Waals surface area (Å²) in [6, 6.07) is 0. The van der Waals surface area contributed by atoms with Gasteiger partial charge in [-0.2, -0.15) is 23.5 Å². The second kappa shape index (κ2) is 11.6. The summed E-state index contributed by atoms with van der Waals surface area (Å²) >= 11 is 3.47. The van der Waals surface area contributed by atoms with Crippen molar-refractivity contribution >= 4 is 23.5 Å². The molecular formula is C11H22O4S2. The number of aliphatic hydroxyl groups is 1. The van der Waals surface area contributed by atoms with Crippen LogP contribution in [-0.4, -0.2) is 73.9 Å². The van der Waals surface area contributed by atoms with Gasteiger partial charge in [0.2, 0.25) is 0 Å². The third-order valence-corrected chi connectivity index (χ3v) is 4.26. The Morgan fingerprint density at radius 3 is 1.59 bits per heavy atom. The monoisotopic (exact) mass is 282 g/mol. The molecule has 1 aliphatic heterocycles. The molecule has 0 bridgehead atoms. The minimum Gasteiger partial charge on any atom is -0.391 e. The normalized spacial score (nSPS) is 24.5. The molecular weight excluding hydrogens is 260 g/mol. The summed E-state index contributed by atoms with van der Waals surface area (Å²) in [6.45, 7) is 3.99. The predicted molar refractivity (Wildman–Crippen MR) is 73.1 cm³/mol. The van der Waals surface area contributed by atoms with Gasteiger partial charge in [-0.05, 0) is 0 Å². The number of aliphatic hydroxyl groups excluding tert-OH is 1. The van der Waals surface area contributed by atoms with E-state index < -0.39 is 0 Å². The zero-order valence-corrected chi connectivity index (χ0v) is 11.8. The van der Waals surface area contributed by atoms with Gasteiger partial charge in [0.05, 0.1) is 45.7 Å². The second-order valence-electron chi connectivity index (χ2n) is 3.64. The average Bonchev–Trinajstić information content (AvgIpc) is 2.32. The van der Waals surface area contributed by atoms with E-state index in [1.807, 2.05) is 0 Å². The zero-order valence-electron chi connectivity index (χ0n) is 10.1. The SMILES string of the molecule is OC1CSCCOCCOCCOCCSC1. The Morgan fingerprint density at radius 1 is 0.706 bits per heavy atom. The summed E-state index contributed by atoms with van der Waals surface area (Å²) in [5.41, 5.74) is 0. The fourth-order valence-electron chi connectivity index (χ4n) is 1.26. The van der Waals surface area contributed by atoms with Gasteiger partial charge in [-0.25, -0.2) is 0 Å². The Bertz CT molecular complexity index is 156. The van der Waals surface area contributed by atoms with Crippen molar-refractivity contribution in [2.45, 2.75) is 6.10 Å². The zero-order chi connectivity index (χ0) is 12.2. The molecule has 17 heavy (non-hydrogen) atoms. The first-order valence-electron chi connectivity index (χ1n) is 5.96. The highest BCUT2D eigenvalue weighted by Gasteiger charge is 2.04. The van der Waals surface area contributed by atoms with Gasteiger partial charge in [-0.1, -0.05) is 0 Å². The summed E-state index contributed by atoms with van der Waals surface area (Å²) in [6.07, 6.45) is -0.221. The maximum absolute atomic E-state index is 9.68. The van der Waals surface area contributed by atoms with Gasteiger partial charge in [0.1, 0.15) is 0 Å². The minimum absolute atomic E-state index is 0.221. The Kier molecular flexibility index (Phi) is 10.7. The average molecular weight is 282 g/mol. The van der Waals surface area contributed by atoms with Crippen LogP contribution in [0.5, 0.6) is 0 Å². The van der Waals surface area contributed by atoms with Crippen molar-refractivity contribution in [3.63, 3.8) is 0 Å². The van der Waals surface area contributed by atoms with Gasteiger partial charge in [0, 0.05) is 23.0 Å². The maximum Gasteiger partial charge on any atom is 0.0720 e. The van der Waals surface area contributed by atoms with E-state index in [0.29, 0.717) is 26.4 Å². The quantitative estimate of drug-likeness (QED) is 0.712. The molecule has 0 radical (unpaired) electrons. The first kappa shape index (κ1) is 15.6. The molecule has 0 atom stereocenters. The van der Waals surface area contributed by atoms with Crippen molar-refractivity contribution in [2.24, 2.45) is 0 Å². The lowest BCUT2D eigenvalue weighted by atomic mass is 10.5. The van der Waals surface area contributed by atoms with Crippen LogP contribution in [-0.2, 0) is 14.2 Å². The van der Waals surface area contributed by atoms with Crippen LogP contribution in [0.1, 0.15) is 0 Å². The van der Waals surface area contributed by atoms with E-state index in [9.17, 15) is 5.11 Å². The summed E-state index contributed by atoms with van der Waals surface area (Å²) in [5.74, 6) is 3.44. The molecule has 0 unspecified atom stereocenters. The van der Waals surface area contributed by atoms with Crippen molar-refractivity contribution in [1.82, 2.24) is 0 Å². The molecule has 0 amide bonds. The van der Waals surface area contributed by atoms with Crippen LogP contribution in [0.15, 0.2) is 0 Å². The standard InChI is InChI=1S/C11H22O4S2/c12-11-9-16-7-5-14-3-1-13-2-4-15-6-8-17-10-11/h11-12H,1-10H2. The Morgan fingerprint density at radius 2 is 1.12 bits per heavy atom. The second-order valence-corrected chi connectivity index (χ2v) is 5.94. The lowest BCUT2D eigenvalue weighted by molar-refractivity contribution is 0.0205. The van der Waals surface area contributed by atoms with Crippen LogP contribution in [0.3, 0.4) is 0 Å². The van der Waals surface area contributed by atoms with Crippen LogP contribution < -0.4 is 0 Å². The summed E-state index contributed by atoms with van der Waals surface area (Å²) in [4.78, 5) is 0. The number of hydrogen-bond acceptors (Lipinski definition) is 6. The molecule has 0 saturated carbocycles. The van der Waals surface area contributed by atoms with E-state index in [-0.39, 0.29) is 6.10 Å². The van der Waals surface area contributed by atoms with E-state index in [1.54, 1.807) is 23.5 Å². The molecule has 0 aromatic carbocycles. The topological polar surface area (TPSA) is 47.9 Å². The molecule has 1 aliphatic rings. The Labute approximate surface area is 112 Å². The van der Waals surface area contributed by atoms with Crippen molar-refractivity contribution in [3.05, 3.63) is 0 Å². The summed E-state index contributed by atoms with van der Waals surface area (Å²) in [7, 11) is 0. The Hall–Kier alpha value is 0.540. The third kappa shape index (κ3) is 10.2. The van der Waals surface area contributed by atoms with Crippen LogP contribution >= 0.6 is 23.5 Å². The van der Waals surface area contributed by atoms with Crippen molar-refractivity contribution in [2.75, 3.05) is 62.7 Å². The molecule has 0 aromatic rings. The van der Waals surface area contributed by atoms with Crippen molar-refractivity contribution in [1.29, 1.82) is 0 Å². The van der Waals surface area contributed by atoms with Crippen LogP contribution in [0.2, 0.25) is 0 Å². The summed E-state index contributed by atoms with van der Waals surface area (Å²) in [5, 5.41) is 9.68. The van der Waals surface area contributed by atoms with E-state index in [4.69, 9.17) is 14.2 Å². The Balaban J connectivity index is 2.09. The molecule has 1 fully saturated rings. The molecule has 1 saturated heterocycles.